The smallest absolute Gasteiger partial charge is 0.254 e. The summed E-state index contributed by atoms with van der Waals surface area (Å²) in [5.41, 5.74) is 0.634. The lowest BCUT2D eigenvalue weighted by atomic mass is 10.2. The molecule has 78 valence electrons. The molecule has 0 saturated carbocycles. The van der Waals surface area contributed by atoms with Crippen LogP contribution in [0, 0.1) is 12.3 Å². The molecule has 0 radical (unpaired) electrons. The van der Waals surface area contributed by atoms with E-state index in [1.165, 1.54) is 4.90 Å². The Hall–Kier alpha value is -1.46. The number of alkyl halides is 1. The van der Waals surface area contributed by atoms with Crippen LogP contribution in [-0.2, 0) is 0 Å². The molecule has 0 spiro atoms. The van der Waals surface area contributed by atoms with Gasteiger partial charge >= 0.3 is 0 Å². The lowest BCUT2D eigenvalue weighted by molar-refractivity contribution is 0.0787. The summed E-state index contributed by atoms with van der Waals surface area (Å²) in [7, 11) is 0. The summed E-state index contributed by atoms with van der Waals surface area (Å²) >= 11 is 5.68. The second-order valence-corrected chi connectivity index (χ2v) is 3.25. The van der Waals surface area contributed by atoms with Gasteiger partial charge in [0, 0.05) is 18.5 Å². The minimum Gasteiger partial charge on any atom is -0.324 e. The molecular weight excluding hydrogens is 210 g/mol. The number of carbonyl (C=O) groups is 1. The summed E-state index contributed by atoms with van der Waals surface area (Å²) < 4.78 is 0. The topological polar surface area (TPSA) is 20.3 Å². The Kier molecular flexibility index (Phi) is 4.73. The van der Waals surface area contributed by atoms with Crippen molar-refractivity contribution in [1.82, 2.24) is 4.90 Å². The molecule has 1 rings (SSSR count). The molecule has 15 heavy (non-hydrogen) atoms. The zero-order chi connectivity index (χ0) is 11.1. The fourth-order valence-electron chi connectivity index (χ4n) is 1.18. The highest BCUT2D eigenvalue weighted by Gasteiger charge is 2.12. The van der Waals surface area contributed by atoms with Crippen molar-refractivity contribution in [1.29, 1.82) is 0 Å². The molecule has 0 heterocycles. The number of amides is 1. The molecular formula is C12H12ClNO. The summed E-state index contributed by atoms with van der Waals surface area (Å²) in [4.78, 5) is 13.4. The van der Waals surface area contributed by atoms with Gasteiger partial charge in [-0.15, -0.1) is 23.9 Å². The fraction of sp³-hybridized carbons (Fsp3) is 0.250. The van der Waals surface area contributed by atoms with Crippen molar-refractivity contribution in [2.24, 2.45) is 0 Å². The monoisotopic (exact) mass is 221 g/mol. The van der Waals surface area contributed by atoms with Crippen molar-refractivity contribution in [3.63, 3.8) is 0 Å². The summed E-state index contributed by atoms with van der Waals surface area (Å²) in [5, 5.41) is 0. The maximum absolute atomic E-state index is 11.9. The van der Waals surface area contributed by atoms with Gasteiger partial charge in [0.15, 0.2) is 0 Å². The van der Waals surface area contributed by atoms with Crippen LogP contribution in [-0.4, -0.2) is 23.4 Å². The van der Waals surface area contributed by atoms with E-state index >= 15 is 0 Å². The highest BCUT2D eigenvalue weighted by atomic mass is 35.5. The van der Waals surface area contributed by atoms with Crippen LogP contribution in [0.4, 0.5) is 0 Å². The van der Waals surface area contributed by atoms with Crippen molar-refractivity contribution < 1.29 is 4.79 Å². The van der Waals surface area contributed by atoms with E-state index < -0.39 is 0 Å². The molecule has 1 aromatic carbocycles. The standard InChI is InChI=1S/C12H12ClNO/c1-2-3-9-14(10-13)12(15)11-7-5-4-6-8-11/h1,4-8H,3,9-10H2. The SMILES string of the molecule is C#CCCN(CCl)C(=O)c1ccccc1. The second-order valence-electron chi connectivity index (χ2n) is 3.01. The molecule has 0 N–H and O–H groups in total. The van der Waals surface area contributed by atoms with Gasteiger partial charge in [-0.3, -0.25) is 4.79 Å². The Bertz CT molecular complexity index is 356. The van der Waals surface area contributed by atoms with Gasteiger partial charge in [0.25, 0.3) is 5.91 Å². The molecule has 0 bridgehead atoms. The van der Waals surface area contributed by atoms with Crippen LogP contribution in [0.1, 0.15) is 16.8 Å². The lowest BCUT2D eigenvalue weighted by Gasteiger charge is -2.18. The number of hydrogen-bond acceptors (Lipinski definition) is 1. The molecule has 0 aromatic heterocycles. The van der Waals surface area contributed by atoms with E-state index in [2.05, 4.69) is 5.92 Å². The van der Waals surface area contributed by atoms with Crippen LogP contribution in [0.15, 0.2) is 30.3 Å². The number of halogens is 1. The van der Waals surface area contributed by atoms with Gasteiger partial charge in [-0.05, 0) is 12.1 Å². The van der Waals surface area contributed by atoms with Gasteiger partial charge in [-0.25, -0.2) is 0 Å². The first-order valence-corrected chi connectivity index (χ1v) is 5.16. The molecule has 3 heteroatoms. The molecule has 0 aliphatic heterocycles. The second kappa shape index (κ2) is 6.10. The van der Waals surface area contributed by atoms with Crippen molar-refractivity contribution in [2.75, 3.05) is 12.5 Å². The molecule has 1 amide bonds. The predicted molar refractivity (Wildman–Crippen MR) is 61.6 cm³/mol. The lowest BCUT2D eigenvalue weighted by Crippen LogP contribution is -2.30. The molecule has 0 unspecified atom stereocenters. The van der Waals surface area contributed by atoms with E-state index in [1.807, 2.05) is 18.2 Å². The molecule has 2 nitrogen and oxygen atoms in total. The van der Waals surface area contributed by atoms with Crippen LogP contribution >= 0.6 is 11.6 Å². The Balaban J connectivity index is 2.70. The molecule has 0 aliphatic carbocycles. The zero-order valence-corrected chi connectivity index (χ0v) is 9.07. The van der Waals surface area contributed by atoms with Gasteiger partial charge in [-0.2, -0.15) is 0 Å². The third kappa shape index (κ3) is 3.30. The van der Waals surface area contributed by atoms with Crippen LogP contribution in [0.3, 0.4) is 0 Å². The average molecular weight is 222 g/mol. The number of nitrogens with zero attached hydrogens (tertiary/aromatic N) is 1. The summed E-state index contributed by atoms with van der Waals surface area (Å²) in [5.74, 6) is 2.40. The quantitative estimate of drug-likeness (QED) is 0.434. The van der Waals surface area contributed by atoms with E-state index in [-0.39, 0.29) is 11.9 Å². The van der Waals surface area contributed by atoms with Gasteiger partial charge in [0.1, 0.15) is 0 Å². The van der Waals surface area contributed by atoms with Crippen LogP contribution in [0.5, 0.6) is 0 Å². The number of carbonyl (C=O) groups excluding carboxylic acids is 1. The van der Waals surface area contributed by atoms with Crippen LogP contribution in [0.2, 0.25) is 0 Å². The van der Waals surface area contributed by atoms with Crippen LogP contribution in [0.25, 0.3) is 0 Å². The van der Waals surface area contributed by atoms with E-state index in [0.717, 1.165) is 0 Å². The highest BCUT2D eigenvalue weighted by molar-refractivity contribution is 6.19. The molecule has 0 fully saturated rings. The van der Waals surface area contributed by atoms with Gasteiger partial charge in [-0.1, -0.05) is 18.2 Å². The normalized spacial score (nSPS) is 9.33. The molecule has 0 aliphatic rings. The minimum atomic E-state index is -0.0825. The third-order valence-corrected chi connectivity index (χ3v) is 2.27. The first-order chi connectivity index (χ1) is 7.29. The minimum absolute atomic E-state index is 0.0825. The maximum atomic E-state index is 11.9. The maximum Gasteiger partial charge on any atom is 0.254 e. The summed E-state index contributed by atoms with van der Waals surface area (Å²) in [6.07, 6.45) is 5.66. The Labute approximate surface area is 94.8 Å². The molecule has 1 aromatic rings. The largest absolute Gasteiger partial charge is 0.324 e. The van der Waals surface area contributed by atoms with Crippen molar-refractivity contribution in [3.8, 4) is 12.3 Å². The summed E-state index contributed by atoms with van der Waals surface area (Å²) in [6.45, 7) is 0.494. The fourth-order valence-corrected chi connectivity index (χ4v) is 1.41. The van der Waals surface area contributed by atoms with Gasteiger partial charge < -0.3 is 4.90 Å². The number of rotatable bonds is 4. The van der Waals surface area contributed by atoms with E-state index in [9.17, 15) is 4.79 Å². The molecule has 0 saturated heterocycles. The van der Waals surface area contributed by atoms with Crippen molar-refractivity contribution in [2.45, 2.75) is 6.42 Å². The predicted octanol–water partition coefficient (Wildman–Crippen LogP) is 2.35. The van der Waals surface area contributed by atoms with Crippen molar-refractivity contribution in [3.05, 3.63) is 35.9 Å². The van der Waals surface area contributed by atoms with Gasteiger partial charge in [0.2, 0.25) is 0 Å². The first-order valence-electron chi connectivity index (χ1n) is 4.63. The third-order valence-electron chi connectivity index (χ3n) is 1.98. The number of hydrogen-bond donors (Lipinski definition) is 0. The molecule has 0 atom stereocenters. The summed E-state index contributed by atoms with van der Waals surface area (Å²) in [6, 6.07) is 9.19. The van der Waals surface area contributed by atoms with E-state index in [4.69, 9.17) is 18.0 Å². The Morgan fingerprint density at radius 3 is 2.60 bits per heavy atom. The first kappa shape index (κ1) is 11.6. The Morgan fingerprint density at radius 2 is 2.07 bits per heavy atom. The Morgan fingerprint density at radius 1 is 1.40 bits per heavy atom. The number of benzene rings is 1. The van der Waals surface area contributed by atoms with E-state index in [0.29, 0.717) is 18.5 Å². The van der Waals surface area contributed by atoms with Crippen LogP contribution < -0.4 is 0 Å². The zero-order valence-electron chi connectivity index (χ0n) is 8.32. The van der Waals surface area contributed by atoms with E-state index in [1.54, 1.807) is 12.1 Å². The number of terminal acetylenes is 1. The van der Waals surface area contributed by atoms with Gasteiger partial charge in [0.05, 0.1) is 6.00 Å². The average Bonchev–Trinajstić information content (AvgIpc) is 2.31. The van der Waals surface area contributed by atoms with Crippen molar-refractivity contribution >= 4 is 17.5 Å². The highest BCUT2D eigenvalue weighted by Crippen LogP contribution is 2.05.